The van der Waals surface area contributed by atoms with Gasteiger partial charge >= 0.3 is 5.97 Å². The number of aromatic hydroxyl groups is 2. The van der Waals surface area contributed by atoms with Crippen LogP contribution in [0.2, 0.25) is 10.0 Å². The molecule has 7 heteroatoms. The van der Waals surface area contributed by atoms with Crippen LogP contribution in [-0.4, -0.2) is 21.3 Å². The molecule has 4 nitrogen and oxygen atoms in total. The molecule has 0 heterocycles. The molecule has 0 saturated carbocycles. The Hall–Kier alpha value is -2.52. The average Bonchev–Trinajstić information content (AvgIpc) is 2.61. The summed E-state index contributed by atoms with van der Waals surface area (Å²) in [5, 5.41) is 30.8. The largest absolute Gasteiger partial charge is 0.508 e. The molecule has 0 bridgehead atoms. The first kappa shape index (κ1) is 20.2. The number of phenolic OH excluding ortho intramolecular Hbond substituents is 2. The van der Waals surface area contributed by atoms with Crippen molar-refractivity contribution in [2.75, 3.05) is 0 Å². The molecule has 0 unspecified atom stereocenters. The lowest BCUT2D eigenvalue weighted by molar-refractivity contribution is 0.0697. The van der Waals surface area contributed by atoms with Crippen LogP contribution in [0.1, 0.15) is 15.9 Å². The summed E-state index contributed by atoms with van der Waals surface area (Å²) in [6.07, 6.45) is 1.79. The molecule has 3 aromatic carbocycles. The van der Waals surface area contributed by atoms with E-state index in [0.717, 1.165) is 10.6 Å². The van der Waals surface area contributed by atoms with E-state index in [2.05, 4.69) is 0 Å². The van der Waals surface area contributed by atoms with E-state index in [1.54, 1.807) is 42.5 Å². The number of carboxylic acid groups (broad SMARTS) is 1. The topological polar surface area (TPSA) is 77.8 Å². The highest BCUT2D eigenvalue weighted by Crippen LogP contribution is 2.38. The second-order valence-corrected chi connectivity index (χ2v) is 8.78. The highest BCUT2D eigenvalue weighted by Gasteiger charge is 2.15. The van der Waals surface area contributed by atoms with E-state index in [4.69, 9.17) is 23.2 Å². The zero-order valence-corrected chi connectivity index (χ0v) is 16.8. The molecule has 0 atom stereocenters. The smallest absolute Gasteiger partial charge is 0.338 e. The third-order valence-corrected chi connectivity index (χ3v) is 6.62. The minimum Gasteiger partial charge on any atom is -0.508 e. The molecule has 0 aliphatic carbocycles. The fraction of sp³-hybridized carbons (Fsp3) is 0. The van der Waals surface area contributed by atoms with Gasteiger partial charge in [-0.1, -0.05) is 59.4 Å². The van der Waals surface area contributed by atoms with Crippen molar-refractivity contribution in [2.45, 2.75) is 0 Å². The van der Waals surface area contributed by atoms with E-state index < -0.39 is 13.9 Å². The van der Waals surface area contributed by atoms with E-state index in [1.807, 2.05) is 17.9 Å². The Labute approximate surface area is 173 Å². The van der Waals surface area contributed by atoms with Crippen LogP contribution < -0.4 is 10.6 Å². The highest BCUT2D eigenvalue weighted by molar-refractivity contribution is 7.76. The zero-order chi connectivity index (χ0) is 20.3. The minimum atomic E-state index is -1.19. The van der Waals surface area contributed by atoms with Gasteiger partial charge in [0.05, 0.1) is 15.6 Å². The van der Waals surface area contributed by atoms with Crippen molar-refractivity contribution >= 4 is 53.8 Å². The molecular weight excluding hydrogens is 418 g/mol. The molecule has 0 amide bonds. The molecule has 0 aromatic heterocycles. The fourth-order valence-corrected chi connectivity index (χ4v) is 5.33. The van der Waals surface area contributed by atoms with Gasteiger partial charge in [0.25, 0.3) is 0 Å². The van der Waals surface area contributed by atoms with Gasteiger partial charge in [-0.15, -0.1) is 0 Å². The molecule has 3 rings (SSSR count). The summed E-state index contributed by atoms with van der Waals surface area (Å²) in [6.45, 7) is 0. The lowest BCUT2D eigenvalue weighted by Gasteiger charge is -2.15. The summed E-state index contributed by atoms with van der Waals surface area (Å²) in [6, 6.07) is 16.9. The molecule has 142 valence electrons. The van der Waals surface area contributed by atoms with Crippen molar-refractivity contribution < 1.29 is 20.1 Å². The van der Waals surface area contributed by atoms with Crippen LogP contribution >= 0.6 is 31.1 Å². The van der Waals surface area contributed by atoms with Gasteiger partial charge in [-0.3, -0.25) is 0 Å². The van der Waals surface area contributed by atoms with Crippen molar-refractivity contribution in [1.82, 2.24) is 0 Å². The Bertz CT molecular complexity index is 997. The molecular formula is C21H15Cl2O4P. The van der Waals surface area contributed by atoms with E-state index in [0.29, 0.717) is 5.56 Å². The Morgan fingerprint density at radius 1 is 0.857 bits per heavy atom. The number of hydrogen-bond donors (Lipinski definition) is 3. The van der Waals surface area contributed by atoms with Gasteiger partial charge in [0.1, 0.15) is 11.5 Å². The molecule has 0 aliphatic rings. The molecule has 0 aliphatic heterocycles. The van der Waals surface area contributed by atoms with E-state index in [-0.39, 0.29) is 27.1 Å². The number of halogens is 2. The predicted octanol–water partition coefficient (Wildman–Crippen LogP) is 5.21. The molecule has 0 fully saturated rings. The van der Waals surface area contributed by atoms with E-state index >= 15 is 0 Å². The summed E-state index contributed by atoms with van der Waals surface area (Å²) >= 11 is 12.1. The maximum atomic E-state index is 11.2. The molecule has 3 N–H and O–H groups in total. The number of rotatable bonds is 5. The van der Waals surface area contributed by atoms with Crippen molar-refractivity contribution in [1.29, 1.82) is 0 Å². The third kappa shape index (κ3) is 4.66. The lowest BCUT2D eigenvalue weighted by atomic mass is 10.1. The molecule has 0 radical (unpaired) electrons. The zero-order valence-electron chi connectivity index (χ0n) is 14.4. The van der Waals surface area contributed by atoms with Crippen LogP contribution in [0.5, 0.6) is 11.5 Å². The number of carboxylic acids is 1. The van der Waals surface area contributed by atoms with Crippen LogP contribution in [0, 0.1) is 0 Å². The molecule has 0 spiro atoms. The van der Waals surface area contributed by atoms with Gasteiger partial charge in [0.2, 0.25) is 0 Å². The first-order chi connectivity index (χ1) is 13.3. The van der Waals surface area contributed by atoms with Crippen LogP contribution in [-0.2, 0) is 0 Å². The van der Waals surface area contributed by atoms with Gasteiger partial charge in [-0.2, -0.15) is 0 Å². The van der Waals surface area contributed by atoms with E-state index in [1.165, 1.54) is 12.1 Å². The van der Waals surface area contributed by atoms with Gasteiger partial charge in [0, 0.05) is 0 Å². The highest BCUT2D eigenvalue weighted by atomic mass is 35.5. The van der Waals surface area contributed by atoms with Crippen LogP contribution in [0.4, 0.5) is 0 Å². The van der Waals surface area contributed by atoms with Gasteiger partial charge in [-0.25, -0.2) is 4.79 Å². The van der Waals surface area contributed by atoms with Crippen molar-refractivity contribution in [2.24, 2.45) is 0 Å². The average molecular weight is 433 g/mol. The summed E-state index contributed by atoms with van der Waals surface area (Å²) in [5.41, 5.74) is 0.511. The fourth-order valence-electron chi connectivity index (χ4n) is 2.66. The Balaban J connectivity index is 2.04. The first-order valence-electron chi connectivity index (χ1n) is 8.13. The SMILES string of the molecule is O=C(O)c1c(Cl)cc(/C=C/P(c2cccc(O)c2)c2cccc(O)c2)cc1Cl. The summed E-state index contributed by atoms with van der Waals surface area (Å²) in [7, 11) is -1.05. The maximum absolute atomic E-state index is 11.2. The third-order valence-electron chi connectivity index (χ3n) is 3.91. The summed E-state index contributed by atoms with van der Waals surface area (Å²) in [5.74, 6) is 1.04. The van der Waals surface area contributed by atoms with Crippen molar-refractivity contribution in [3.63, 3.8) is 0 Å². The molecule has 3 aromatic rings. The standard InChI is InChI=1S/C21H15Cl2O4P/c22-18-9-13(10-19(23)20(18)21(26)27)7-8-28(16-5-1-3-14(24)11-16)17-6-2-4-15(25)12-17/h1-12,24-25H,(H,26,27)/b8-7+. The summed E-state index contributed by atoms with van der Waals surface area (Å²) < 4.78 is 0. The van der Waals surface area contributed by atoms with Crippen LogP contribution in [0.3, 0.4) is 0 Å². The van der Waals surface area contributed by atoms with E-state index in [9.17, 15) is 20.1 Å². The predicted molar refractivity (Wildman–Crippen MR) is 115 cm³/mol. The number of phenols is 2. The minimum absolute atomic E-state index is 0.0543. The Kier molecular flexibility index (Phi) is 6.25. The van der Waals surface area contributed by atoms with Gasteiger partial charge in [-0.05, 0) is 60.5 Å². The summed E-state index contributed by atoms with van der Waals surface area (Å²) in [4.78, 5) is 11.2. The quantitative estimate of drug-likeness (QED) is 0.483. The maximum Gasteiger partial charge on any atom is 0.338 e. The van der Waals surface area contributed by atoms with Gasteiger partial charge < -0.3 is 15.3 Å². The second kappa shape index (κ2) is 8.66. The number of hydrogen-bond acceptors (Lipinski definition) is 3. The Morgan fingerprint density at radius 2 is 1.36 bits per heavy atom. The number of carbonyl (C=O) groups is 1. The molecule has 28 heavy (non-hydrogen) atoms. The lowest BCUT2D eigenvalue weighted by Crippen LogP contribution is -2.09. The van der Waals surface area contributed by atoms with Crippen LogP contribution in [0.25, 0.3) is 6.08 Å². The molecule has 0 saturated heterocycles. The van der Waals surface area contributed by atoms with Gasteiger partial charge in [0.15, 0.2) is 0 Å². The second-order valence-electron chi connectivity index (χ2n) is 5.89. The Morgan fingerprint density at radius 3 is 1.79 bits per heavy atom. The van der Waals surface area contributed by atoms with Crippen LogP contribution in [0.15, 0.2) is 66.5 Å². The monoisotopic (exact) mass is 432 g/mol. The number of benzene rings is 3. The number of aromatic carboxylic acids is 1. The van der Waals surface area contributed by atoms with Crippen molar-refractivity contribution in [3.8, 4) is 11.5 Å². The first-order valence-corrected chi connectivity index (χ1v) is 10.3. The van der Waals surface area contributed by atoms with Crippen molar-refractivity contribution in [3.05, 3.63) is 87.7 Å². The normalized spacial score (nSPS) is 11.2.